The third-order valence-corrected chi connectivity index (χ3v) is 3.36. The highest BCUT2D eigenvalue weighted by molar-refractivity contribution is 7.99. The molecule has 0 aliphatic carbocycles. The molecule has 0 unspecified atom stereocenters. The van der Waals surface area contributed by atoms with Gasteiger partial charge in [-0.2, -0.15) is 0 Å². The molecule has 0 radical (unpaired) electrons. The quantitative estimate of drug-likeness (QED) is 0.618. The molecule has 13 heavy (non-hydrogen) atoms. The molecule has 1 N–H and O–H groups in total. The first-order valence-electron chi connectivity index (χ1n) is 3.80. The highest BCUT2D eigenvalue weighted by Gasteiger charge is 2.05. The Kier molecular flexibility index (Phi) is 4.05. The number of carboxylic acids is 1. The van der Waals surface area contributed by atoms with Gasteiger partial charge in [-0.25, -0.2) is 4.79 Å². The summed E-state index contributed by atoms with van der Waals surface area (Å²) in [6, 6.07) is 1.71. The number of allylic oxidation sites excluding steroid dienone is 1. The van der Waals surface area contributed by atoms with Crippen molar-refractivity contribution in [3.8, 4) is 0 Å². The van der Waals surface area contributed by atoms with E-state index in [1.54, 1.807) is 17.8 Å². The molecule has 70 valence electrons. The molecule has 1 rings (SSSR count). The monoisotopic (exact) mass is 214 g/mol. The van der Waals surface area contributed by atoms with Gasteiger partial charge in [0, 0.05) is 16.0 Å². The Balaban J connectivity index is 2.54. The maximum Gasteiger partial charge on any atom is 0.345 e. The van der Waals surface area contributed by atoms with Gasteiger partial charge < -0.3 is 5.11 Å². The number of thioether (sulfide) groups is 1. The van der Waals surface area contributed by atoms with Crippen LogP contribution in [0.1, 0.15) is 16.6 Å². The minimum atomic E-state index is -0.845. The number of hydrogen-bond donors (Lipinski definition) is 1. The smallest absolute Gasteiger partial charge is 0.345 e. The zero-order chi connectivity index (χ0) is 9.68. The summed E-state index contributed by atoms with van der Waals surface area (Å²) >= 11 is 2.91. The maximum atomic E-state index is 10.5. The summed E-state index contributed by atoms with van der Waals surface area (Å²) in [7, 11) is 0. The number of rotatable bonds is 4. The fraction of sp³-hybridized carbons (Fsp3) is 0.222. The van der Waals surface area contributed by atoms with E-state index in [1.165, 1.54) is 11.3 Å². The van der Waals surface area contributed by atoms with Crippen molar-refractivity contribution in [1.29, 1.82) is 0 Å². The van der Waals surface area contributed by atoms with E-state index in [9.17, 15) is 4.79 Å². The van der Waals surface area contributed by atoms with Gasteiger partial charge in [-0.1, -0.05) is 12.2 Å². The van der Waals surface area contributed by atoms with Gasteiger partial charge in [-0.05, 0) is 13.0 Å². The molecule has 0 aliphatic heterocycles. The van der Waals surface area contributed by atoms with E-state index in [-0.39, 0.29) is 0 Å². The van der Waals surface area contributed by atoms with Gasteiger partial charge in [-0.15, -0.1) is 23.1 Å². The highest BCUT2D eigenvalue weighted by Crippen LogP contribution is 2.24. The molecule has 4 heteroatoms. The van der Waals surface area contributed by atoms with E-state index in [0.29, 0.717) is 4.88 Å². The number of hydrogen-bond acceptors (Lipinski definition) is 3. The zero-order valence-corrected chi connectivity index (χ0v) is 8.82. The van der Waals surface area contributed by atoms with E-state index in [4.69, 9.17) is 5.11 Å². The lowest BCUT2D eigenvalue weighted by Crippen LogP contribution is -1.89. The van der Waals surface area contributed by atoms with Crippen LogP contribution in [0.4, 0.5) is 0 Å². The highest BCUT2D eigenvalue weighted by atomic mass is 32.2. The van der Waals surface area contributed by atoms with Crippen molar-refractivity contribution in [3.05, 3.63) is 28.5 Å². The largest absolute Gasteiger partial charge is 0.477 e. The van der Waals surface area contributed by atoms with Gasteiger partial charge in [0.15, 0.2) is 0 Å². The van der Waals surface area contributed by atoms with Crippen LogP contribution in [0.15, 0.2) is 28.5 Å². The molecular formula is C9H10O2S2. The van der Waals surface area contributed by atoms with Crippen LogP contribution in [0, 0.1) is 0 Å². The van der Waals surface area contributed by atoms with Gasteiger partial charge in [0.1, 0.15) is 4.88 Å². The van der Waals surface area contributed by atoms with E-state index in [2.05, 4.69) is 0 Å². The molecule has 0 atom stereocenters. The van der Waals surface area contributed by atoms with Crippen molar-refractivity contribution in [2.45, 2.75) is 11.8 Å². The molecule has 1 aromatic rings. The number of carboxylic acid groups (broad SMARTS) is 1. The topological polar surface area (TPSA) is 37.3 Å². The fourth-order valence-electron chi connectivity index (χ4n) is 0.747. The Morgan fingerprint density at radius 1 is 1.77 bits per heavy atom. The van der Waals surface area contributed by atoms with Crippen LogP contribution in [0.2, 0.25) is 0 Å². The summed E-state index contributed by atoms with van der Waals surface area (Å²) in [6.45, 7) is 1.97. The molecule has 0 saturated heterocycles. The van der Waals surface area contributed by atoms with Crippen LogP contribution in [-0.4, -0.2) is 16.8 Å². The lowest BCUT2D eigenvalue weighted by atomic mass is 10.5. The van der Waals surface area contributed by atoms with Crippen molar-refractivity contribution >= 4 is 29.1 Å². The Morgan fingerprint density at radius 2 is 2.54 bits per heavy atom. The molecule has 2 nitrogen and oxygen atoms in total. The average Bonchev–Trinajstić information content (AvgIpc) is 2.53. The fourth-order valence-corrected chi connectivity index (χ4v) is 2.53. The SMILES string of the molecule is CC=CCSc1csc(C(=O)O)c1. The predicted octanol–water partition coefficient (Wildman–Crippen LogP) is 3.11. The van der Waals surface area contributed by atoms with Crippen molar-refractivity contribution in [1.82, 2.24) is 0 Å². The third-order valence-electron chi connectivity index (χ3n) is 1.37. The summed E-state index contributed by atoms with van der Waals surface area (Å²) in [5.74, 6) is 0.0506. The van der Waals surface area contributed by atoms with Crippen molar-refractivity contribution in [2.75, 3.05) is 5.75 Å². The number of thiophene rings is 1. The first kappa shape index (κ1) is 10.3. The van der Waals surface area contributed by atoms with Crippen LogP contribution in [0.5, 0.6) is 0 Å². The summed E-state index contributed by atoms with van der Waals surface area (Å²) in [6.07, 6.45) is 4.03. The molecule has 0 fully saturated rings. The Morgan fingerprint density at radius 3 is 3.08 bits per heavy atom. The van der Waals surface area contributed by atoms with Gasteiger partial charge in [-0.3, -0.25) is 0 Å². The summed E-state index contributed by atoms with van der Waals surface area (Å²) in [5, 5.41) is 10.5. The summed E-state index contributed by atoms with van der Waals surface area (Å²) in [4.78, 5) is 12.0. The van der Waals surface area contributed by atoms with E-state index in [1.807, 2.05) is 24.5 Å². The molecule has 0 bridgehead atoms. The van der Waals surface area contributed by atoms with Crippen molar-refractivity contribution < 1.29 is 9.90 Å². The molecule has 1 aromatic heterocycles. The first-order chi connectivity index (χ1) is 6.24. The second kappa shape index (κ2) is 5.09. The molecule has 0 saturated carbocycles. The lowest BCUT2D eigenvalue weighted by Gasteiger charge is -1.89. The minimum Gasteiger partial charge on any atom is -0.477 e. The van der Waals surface area contributed by atoms with Gasteiger partial charge in [0.25, 0.3) is 0 Å². The predicted molar refractivity (Wildman–Crippen MR) is 56.8 cm³/mol. The van der Waals surface area contributed by atoms with Crippen LogP contribution in [0.25, 0.3) is 0 Å². The second-order valence-corrected chi connectivity index (χ2v) is 4.34. The van der Waals surface area contributed by atoms with Gasteiger partial charge >= 0.3 is 5.97 Å². The van der Waals surface area contributed by atoms with Crippen LogP contribution >= 0.6 is 23.1 Å². The number of aromatic carboxylic acids is 1. The third kappa shape index (κ3) is 3.24. The Bertz CT molecular complexity index is 315. The van der Waals surface area contributed by atoms with Crippen LogP contribution in [0.3, 0.4) is 0 Å². The summed E-state index contributed by atoms with van der Waals surface area (Å²) < 4.78 is 0. The van der Waals surface area contributed by atoms with Crippen molar-refractivity contribution in [3.63, 3.8) is 0 Å². The molecular weight excluding hydrogens is 204 g/mol. The molecule has 0 aromatic carbocycles. The Hall–Kier alpha value is -0.740. The van der Waals surface area contributed by atoms with E-state index < -0.39 is 5.97 Å². The molecule has 0 aliphatic rings. The van der Waals surface area contributed by atoms with Gasteiger partial charge in [0.05, 0.1) is 0 Å². The number of carbonyl (C=O) groups is 1. The zero-order valence-electron chi connectivity index (χ0n) is 7.19. The van der Waals surface area contributed by atoms with Crippen molar-refractivity contribution in [2.24, 2.45) is 0 Å². The normalized spacial score (nSPS) is 10.8. The van der Waals surface area contributed by atoms with E-state index >= 15 is 0 Å². The molecule has 0 amide bonds. The molecule has 1 heterocycles. The van der Waals surface area contributed by atoms with E-state index in [0.717, 1.165) is 10.6 Å². The lowest BCUT2D eigenvalue weighted by molar-refractivity contribution is 0.0702. The van der Waals surface area contributed by atoms with Crippen LogP contribution < -0.4 is 0 Å². The standard InChI is InChI=1S/C9H10O2S2/c1-2-3-4-12-7-5-8(9(10)11)13-6-7/h2-3,5-6H,4H2,1H3,(H,10,11). The minimum absolute atomic E-state index is 0.406. The van der Waals surface area contributed by atoms with Gasteiger partial charge in [0.2, 0.25) is 0 Å². The molecule has 0 spiro atoms. The maximum absolute atomic E-state index is 10.5. The summed E-state index contributed by atoms with van der Waals surface area (Å²) in [5.41, 5.74) is 0. The second-order valence-electron chi connectivity index (χ2n) is 2.33. The Labute approximate surface area is 85.3 Å². The average molecular weight is 214 g/mol. The van der Waals surface area contributed by atoms with Crippen LogP contribution in [-0.2, 0) is 0 Å². The first-order valence-corrected chi connectivity index (χ1v) is 5.66.